The molecule has 0 aliphatic heterocycles. The van der Waals surface area contributed by atoms with Gasteiger partial charge in [0.05, 0.1) is 17.8 Å². The van der Waals surface area contributed by atoms with Crippen molar-refractivity contribution in [3.63, 3.8) is 0 Å². The first-order valence-corrected chi connectivity index (χ1v) is 10.3. The first-order chi connectivity index (χ1) is 15.7. The smallest absolute Gasteiger partial charge is 0.274 e. The van der Waals surface area contributed by atoms with E-state index in [1.807, 2.05) is 55.5 Å². The average Bonchev–Trinajstić information content (AvgIpc) is 3.34. The normalized spacial score (nSPS) is 10.5. The van der Waals surface area contributed by atoms with Gasteiger partial charge in [-0.25, -0.2) is 4.98 Å². The van der Waals surface area contributed by atoms with Gasteiger partial charge < -0.3 is 14.6 Å². The summed E-state index contributed by atoms with van der Waals surface area (Å²) in [6.45, 7) is 2.66. The van der Waals surface area contributed by atoms with Gasteiger partial charge in [-0.15, -0.1) is 0 Å². The van der Waals surface area contributed by atoms with Crippen molar-refractivity contribution in [2.45, 2.75) is 13.5 Å². The van der Waals surface area contributed by atoms with Crippen molar-refractivity contribution in [3.8, 4) is 11.3 Å². The molecule has 7 heteroatoms. The van der Waals surface area contributed by atoms with Gasteiger partial charge in [-0.05, 0) is 37.3 Å². The summed E-state index contributed by atoms with van der Waals surface area (Å²) in [6, 6.07) is 22.0. The molecule has 0 aliphatic rings. The highest BCUT2D eigenvalue weighted by atomic mass is 16.3. The Bertz CT molecular complexity index is 1210. The van der Waals surface area contributed by atoms with Gasteiger partial charge in [0.2, 0.25) is 0 Å². The fourth-order valence-electron chi connectivity index (χ4n) is 3.42. The third-order valence-corrected chi connectivity index (χ3v) is 4.97. The van der Waals surface area contributed by atoms with Crippen LogP contribution in [0.3, 0.4) is 0 Å². The van der Waals surface area contributed by atoms with Crippen LogP contribution in [0.2, 0.25) is 0 Å². The van der Waals surface area contributed by atoms with E-state index in [4.69, 9.17) is 4.42 Å². The van der Waals surface area contributed by atoms with Crippen LogP contribution in [-0.2, 0) is 6.54 Å². The molecule has 0 saturated carbocycles. The minimum Gasteiger partial charge on any atom is -0.443 e. The maximum Gasteiger partial charge on any atom is 0.274 e. The molecule has 0 unspecified atom stereocenters. The molecule has 4 rings (SSSR count). The lowest BCUT2D eigenvalue weighted by Gasteiger charge is -2.22. The molecule has 2 aromatic heterocycles. The zero-order chi connectivity index (χ0) is 22.3. The number of benzene rings is 2. The van der Waals surface area contributed by atoms with Crippen LogP contribution in [0.15, 0.2) is 89.8 Å². The lowest BCUT2D eigenvalue weighted by atomic mass is 10.0. The van der Waals surface area contributed by atoms with Crippen LogP contribution >= 0.6 is 0 Å². The fraction of sp³-hybridized carbons (Fsp3) is 0.120. The molecule has 0 bridgehead atoms. The highest BCUT2D eigenvalue weighted by molar-refractivity contribution is 6.11. The number of nitrogens with zero attached hydrogens (tertiary/aromatic N) is 3. The number of oxazole rings is 1. The molecule has 160 valence electrons. The summed E-state index contributed by atoms with van der Waals surface area (Å²) in [5, 5.41) is 2.80. The topological polar surface area (TPSA) is 88.3 Å². The number of aromatic nitrogens is 2. The first-order valence-electron chi connectivity index (χ1n) is 10.3. The summed E-state index contributed by atoms with van der Waals surface area (Å²) in [4.78, 5) is 36.2. The molecule has 0 fully saturated rings. The largest absolute Gasteiger partial charge is 0.443 e. The number of amides is 2. The van der Waals surface area contributed by atoms with Crippen LogP contribution in [-0.4, -0.2) is 28.3 Å². The molecule has 0 radical (unpaired) electrons. The van der Waals surface area contributed by atoms with Crippen LogP contribution in [0.25, 0.3) is 11.3 Å². The van der Waals surface area contributed by atoms with E-state index in [9.17, 15) is 9.59 Å². The molecule has 4 aromatic rings. The second kappa shape index (κ2) is 9.70. The molecule has 0 saturated heterocycles. The predicted octanol–water partition coefficient (Wildman–Crippen LogP) is 4.33. The fourth-order valence-corrected chi connectivity index (χ4v) is 3.42. The number of rotatable bonds is 7. The Balaban J connectivity index is 1.63. The second-order valence-electron chi connectivity index (χ2n) is 6.96. The molecule has 0 atom stereocenters. The van der Waals surface area contributed by atoms with Gasteiger partial charge in [-0.3, -0.25) is 14.6 Å². The Morgan fingerprint density at radius 3 is 2.44 bits per heavy atom. The third-order valence-electron chi connectivity index (χ3n) is 4.97. The molecule has 2 aromatic carbocycles. The number of hydrogen-bond donors (Lipinski definition) is 1. The van der Waals surface area contributed by atoms with Crippen LogP contribution in [0.4, 0.5) is 5.69 Å². The zero-order valence-corrected chi connectivity index (χ0v) is 17.6. The average molecular weight is 426 g/mol. The van der Waals surface area contributed by atoms with E-state index in [2.05, 4.69) is 15.3 Å². The Kier molecular flexibility index (Phi) is 6.36. The van der Waals surface area contributed by atoms with E-state index in [-0.39, 0.29) is 23.9 Å². The molecular weight excluding hydrogens is 404 g/mol. The summed E-state index contributed by atoms with van der Waals surface area (Å²) in [5.41, 5.74) is 2.56. The SMILES string of the molecule is CCN(C(=O)c1ccccc1-c1ocnc1C(=O)NCc1ccccn1)c1ccccc1. The Morgan fingerprint density at radius 1 is 0.938 bits per heavy atom. The molecular formula is C25H22N4O3. The van der Waals surface area contributed by atoms with Gasteiger partial charge in [-0.2, -0.15) is 0 Å². The van der Waals surface area contributed by atoms with Gasteiger partial charge in [0.1, 0.15) is 0 Å². The Labute approximate surface area is 185 Å². The Morgan fingerprint density at radius 2 is 1.69 bits per heavy atom. The minimum absolute atomic E-state index is 0.115. The lowest BCUT2D eigenvalue weighted by Crippen LogP contribution is -2.31. The van der Waals surface area contributed by atoms with Crippen LogP contribution in [0.5, 0.6) is 0 Å². The van der Waals surface area contributed by atoms with E-state index in [1.54, 1.807) is 35.4 Å². The molecule has 2 amide bonds. The zero-order valence-electron chi connectivity index (χ0n) is 17.6. The number of carbonyl (C=O) groups is 2. The van der Waals surface area contributed by atoms with Crippen molar-refractivity contribution < 1.29 is 14.0 Å². The standard InChI is InChI=1S/C25H22N4O3/c1-2-29(19-11-4-3-5-12-19)25(31)21-14-7-6-13-20(21)23-22(28-17-32-23)24(30)27-16-18-10-8-9-15-26-18/h3-15,17H,2,16H2,1H3,(H,27,30). The van der Waals surface area contributed by atoms with Crippen molar-refractivity contribution >= 4 is 17.5 Å². The highest BCUT2D eigenvalue weighted by Gasteiger charge is 2.25. The van der Waals surface area contributed by atoms with Crippen molar-refractivity contribution in [2.75, 3.05) is 11.4 Å². The molecule has 1 N–H and O–H groups in total. The molecule has 0 aliphatic carbocycles. The van der Waals surface area contributed by atoms with Gasteiger partial charge in [0, 0.05) is 24.0 Å². The summed E-state index contributed by atoms with van der Waals surface area (Å²) < 4.78 is 5.58. The van der Waals surface area contributed by atoms with Gasteiger partial charge >= 0.3 is 0 Å². The Hall–Kier alpha value is -4.26. The maximum atomic E-state index is 13.4. The predicted molar refractivity (Wildman–Crippen MR) is 121 cm³/mol. The van der Waals surface area contributed by atoms with E-state index < -0.39 is 5.91 Å². The van der Waals surface area contributed by atoms with Crippen LogP contribution in [0, 0.1) is 0 Å². The van der Waals surface area contributed by atoms with Crippen molar-refractivity contribution in [2.24, 2.45) is 0 Å². The summed E-state index contributed by atoms with van der Waals surface area (Å²) in [6.07, 6.45) is 2.87. The third kappa shape index (κ3) is 4.41. The van der Waals surface area contributed by atoms with Crippen LogP contribution < -0.4 is 10.2 Å². The van der Waals surface area contributed by atoms with Crippen molar-refractivity contribution in [1.29, 1.82) is 0 Å². The number of nitrogens with one attached hydrogen (secondary N) is 1. The van der Waals surface area contributed by atoms with Crippen LogP contribution in [0.1, 0.15) is 33.5 Å². The maximum absolute atomic E-state index is 13.4. The van der Waals surface area contributed by atoms with E-state index in [1.165, 1.54) is 6.39 Å². The lowest BCUT2D eigenvalue weighted by molar-refractivity contribution is 0.0944. The molecule has 7 nitrogen and oxygen atoms in total. The highest BCUT2D eigenvalue weighted by Crippen LogP contribution is 2.29. The van der Waals surface area contributed by atoms with Crippen molar-refractivity contribution in [1.82, 2.24) is 15.3 Å². The van der Waals surface area contributed by atoms with Gasteiger partial charge in [-0.1, -0.05) is 42.5 Å². The number of para-hydroxylation sites is 1. The first kappa shape index (κ1) is 21.0. The minimum atomic E-state index is -0.405. The quantitative estimate of drug-likeness (QED) is 0.475. The monoisotopic (exact) mass is 426 g/mol. The van der Waals surface area contributed by atoms with E-state index >= 15 is 0 Å². The van der Waals surface area contributed by atoms with Gasteiger partial charge in [0.15, 0.2) is 17.8 Å². The van der Waals surface area contributed by atoms with E-state index in [0.29, 0.717) is 17.7 Å². The number of pyridine rings is 1. The number of carbonyl (C=O) groups excluding carboxylic acids is 2. The van der Waals surface area contributed by atoms with Gasteiger partial charge in [0.25, 0.3) is 11.8 Å². The number of anilines is 1. The number of hydrogen-bond acceptors (Lipinski definition) is 5. The summed E-state index contributed by atoms with van der Waals surface area (Å²) in [5.74, 6) is -0.348. The summed E-state index contributed by atoms with van der Waals surface area (Å²) >= 11 is 0. The molecule has 32 heavy (non-hydrogen) atoms. The summed E-state index contributed by atoms with van der Waals surface area (Å²) in [7, 11) is 0. The van der Waals surface area contributed by atoms with E-state index in [0.717, 1.165) is 11.4 Å². The van der Waals surface area contributed by atoms with Crippen molar-refractivity contribution in [3.05, 3.63) is 102 Å². The second-order valence-corrected chi connectivity index (χ2v) is 6.96. The molecule has 2 heterocycles. The molecule has 0 spiro atoms.